The van der Waals surface area contributed by atoms with Crippen molar-refractivity contribution in [2.75, 3.05) is 31.5 Å². The van der Waals surface area contributed by atoms with E-state index in [2.05, 4.69) is 17.1 Å². The van der Waals surface area contributed by atoms with E-state index < -0.39 is 36.4 Å². The number of halogens is 5. The van der Waals surface area contributed by atoms with Gasteiger partial charge in [0.15, 0.2) is 0 Å². The van der Waals surface area contributed by atoms with Crippen LogP contribution in [0.15, 0.2) is 42.5 Å². The van der Waals surface area contributed by atoms with Crippen LogP contribution in [0.5, 0.6) is 0 Å². The predicted molar refractivity (Wildman–Crippen MR) is 131 cm³/mol. The maximum atomic E-state index is 15.6. The van der Waals surface area contributed by atoms with E-state index in [-0.39, 0.29) is 11.6 Å². The van der Waals surface area contributed by atoms with Crippen LogP contribution in [0.2, 0.25) is 0 Å². The van der Waals surface area contributed by atoms with Gasteiger partial charge in [-0.3, -0.25) is 9.80 Å². The molecule has 194 valence electrons. The monoisotopic (exact) mass is 506 g/mol. The van der Waals surface area contributed by atoms with Crippen LogP contribution in [-0.2, 0) is 6.54 Å². The lowest BCUT2D eigenvalue weighted by molar-refractivity contribution is -0.157. The molecule has 2 atom stereocenters. The Morgan fingerprint density at radius 3 is 2.36 bits per heavy atom. The first-order chi connectivity index (χ1) is 17.1. The average molecular weight is 507 g/mol. The fourth-order valence-corrected chi connectivity index (χ4v) is 5.61. The second-order valence-corrected chi connectivity index (χ2v) is 10.1. The Kier molecular flexibility index (Phi) is 6.72. The molecule has 1 N–H and O–H groups in total. The molecule has 0 amide bonds. The van der Waals surface area contributed by atoms with Gasteiger partial charge in [0.2, 0.25) is 0 Å². The van der Waals surface area contributed by atoms with E-state index in [0.29, 0.717) is 17.9 Å². The summed E-state index contributed by atoms with van der Waals surface area (Å²) in [6.07, 6.45) is -2.30. The number of nitrogens with zero attached hydrogens (tertiary/aromatic N) is 3. The van der Waals surface area contributed by atoms with Crippen molar-refractivity contribution in [3.05, 3.63) is 65.4 Å². The molecule has 0 aliphatic carbocycles. The van der Waals surface area contributed by atoms with E-state index in [9.17, 15) is 13.2 Å². The minimum atomic E-state index is -4.51. The number of hydrogen-bond acceptors (Lipinski definition) is 3. The second kappa shape index (κ2) is 9.67. The van der Waals surface area contributed by atoms with Gasteiger partial charge in [-0.1, -0.05) is 31.5 Å². The lowest BCUT2D eigenvalue weighted by Gasteiger charge is -2.42. The van der Waals surface area contributed by atoms with Crippen molar-refractivity contribution in [3.63, 3.8) is 0 Å². The van der Waals surface area contributed by atoms with Gasteiger partial charge in [0.05, 0.1) is 18.6 Å². The third-order valence-electron chi connectivity index (χ3n) is 7.34. The first-order valence-corrected chi connectivity index (χ1v) is 12.5. The molecule has 0 unspecified atom stereocenters. The van der Waals surface area contributed by atoms with Crippen LogP contribution in [0, 0.1) is 11.6 Å². The molecule has 9 heteroatoms. The van der Waals surface area contributed by atoms with Crippen LogP contribution >= 0.6 is 0 Å². The van der Waals surface area contributed by atoms with E-state index in [1.165, 1.54) is 17.0 Å². The van der Waals surface area contributed by atoms with E-state index in [1.807, 2.05) is 28.8 Å². The fourth-order valence-electron chi connectivity index (χ4n) is 5.61. The highest BCUT2D eigenvalue weighted by molar-refractivity contribution is 5.82. The molecular weight excluding hydrogens is 475 g/mol. The van der Waals surface area contributed by atoms with Crippen molar-refractivity contribution in [2.45, 2.75) is 57.5 Å². The number of anilines is 1. The van der Waals surface area contributed by atoms with Gasteiger partial charge in [0, 0.05) is 48.1 Å². The highest BCUT2D eigenvalue weighted by atomic mass is 19.4. The van der Waals surface area contributed by atoms with Gasteiger partial charge in [0.25, 0.3) is 0 Å². The van der Waals surface area contributed by atoms with Gasteiger partial charge in [0.1, 0.15) is 11.6 Å². The van der Waals surface area contributed by atoms with Crippen LogP contribution in [0.1, 0.15) is 44.0 Å². The molecule has 2 aliphatic heterocycles. The van der Waals surface area contributed by atoms with E-state index in [1.54, 1.807) is 13.0 Å². The maximum absolute atomic E-state index is 15.6. The van der Waals surface area contributed by atoms with Gasteiger partial charge in [-0.15, -0.1) is 0 Å². The van der Waals surface area contributed by atoms with Gasteiger partial charge in [-0.05, 0) is 49.5 Å². The SMILES string of the molecule is CCCCN1CC(Nc2cc(F)c([C@H]3c4cc5ccccc5n4C[C@@H](C)N3CC(F)(F)F)c(F)c2)C1. The van der Waals surface area contributed by atoms with Gasteiger partial charge >= 0.3 is 6.18 Å². The van der Waals surface area contributed by atoms with E-state index >= 15 is 8.78 Å². The summed E-state index contributed by atoms with van der Waals surface area (Å²) < 4.78 is 73.9. The number of nitrogens with one attached hydrogen (secondary N) is 1. The number of hydrogen-bond donors (Lipinski definition) is 1. The zero-order chi connectivity index (χ0) is 25.6. The summed E-state index contributed by atoms with van der Waals surface area (Å²) in [5.74, 6) is -1.69. The number of unbranched alkanes of at least 4 members (excludes halogenated alkanes) is 1. The molecule has 0 saturated carbocycles. The molecule has 1 fully saturated rings. The summed E-state index contributed by atoms with van der Waals surface area (Å²) in [5.41, 5.74) is 1.26. The average Bonchev–Trinajstić information content (AvgIpc) is 3.14. The maximum Gasteiger partial charge on any atom is 0.401 e. The number of likely N-dealkylation sites (tertiary alicyclic amines) is 1. The molecule has 1 aromatic heterocycles. The fraction of sp³-hybridized carbons (Fsp3) is 0.481. The third-order valence-corrected chi connectivity index (χ3v) is 7.34. The third kappa shape index (κ3) is 4.83. The minimum Gasteiger partial charge on any atom is -0.380 e. The van der Waals surface area contributed by atoms with Crippen molar-refractivity contribution < 1.29 is 22.0 Å². The topological polar surface area (TPSA) is 23.4 Å². The number of aromatic nitrogens is 1. The number of benzene rings is 2. The molecule has 3 heterocycles. The molecule has 0 radical (unpaired) electrons. The molecule has 2 aliphatic rings. The number of rotatable bonds is 7. The molecule has 0 bridgehead atoms. The Morgan fingerprint density at radius 2 is 1.69 bits per heavy atom. The molecule has 1 saturated heterocycles. The minimum absolute atomic E-state index is 0.0884. The van der Waals surface area contributed by atoms with Crippen molar-refractivity contribution in [1.82, 2.24) is 14.4 Å². The molecular formula is C27H31F5N4. The lowest BCUT2D eigenvalue weighted by atomic mass is 9.95. The summed E-state index contributed by atoms with van der Waals surface area (Å²) in [5, 5.41) is 4.00. The van der Waals surface area contributed by atoms with Crippen LogP contribution in [0.3, 0.4) is 0 Å². The van der Waals surface area contributed by atoms with E-state index in [0.717, 1.165) is 43.4 Å². The standard InChI is InChI=1S/C27H31F5N4/c1-3-4-9-34-14-20(15-34)33-19-11-21(28)25(22(29)12-19)26-24-10-18-7-5-6-8-23(18)35(24)13-17(2)36(26)16-27(30,31)32/h5-8,10-12,17,20,26,33H,3-4,9,13-16H2,1-2H3/t17-,26-/m1/s1. The molecule has 36 heavy (non-hydrogen) atoms. The molecule has 5 rings (SSSR count). The van der Waals surface area contributed by atoms with Crippen molar-refractivity contribution >= 4 is 16.6 Å². The summed E-state index contributed by atoms with van der Waals surface area (Å²) in [6, 6.07) is 9.91. The highest BCUT2D eigenvalue weighted by Crippen LogP contribution is 2.42. The van der Waals surface area contributed by atoms with Crippen molar-refractivity contribution in [3.8, 4) is 0 Å². The Bertz CT molecular complexity index is 1210. The lowest BCUT2D eigenvalue weighted by Crippen LogP contribution is -2.54. The summed E-state index contributed by atoms with van der Waals surface area (Å²) in [6.45, 7) is 5.44. The van der Waals surface area contributed by atoms with Crippen LogP contribution in [0.4, 0.5) is 27.6 Å². The summed E-state index contributed by atoms with van der Waals surface area (Å²) >= 11 is 0. The number of para-hydroxylation sites is 1. The molecule has 2 aromatic carbocycles. The zero-order valence-corrected chi connectivity index (χ0v) is 20.5. The van der Waals surface area contributed by atoms with Crippen molar-refractivity contribution in [2.24, 2.45) is 0 Å². The summed E-state index contributed by atoms with van der Waals surface area (Å²) in [7, 11) is 0. The van der Waals surface area contributed by atoms with Crippen LogP contribution in [-0.4, -0.2) is 58.8 Å². The number of alkyl halides is 3. The van der Waals surface area contributed by atoms with Crippen LogP contribution < -0.4 is 5.32 Å². The van der Waals surface area contributed by atoms with Crippen molar-refractivity contribution in [1.29, 1.82) is 0 Å². The second-order valence-electron chi connectivity index (χ2n) is 10.1. The number of fused-ring (bicyclic) bond motifs is 3. The predicted octanol–water partition coefficient (Wildman–Crippen LogP) is 6.17. The Morgan fingerprint density at radius 1 is 1.00 bits per heavy atom. The summed E-state index contributed by atoms with van der Waals surface area (Å²) in [4.78, 5) is 3.44. The zero-order valence-electron chi connectivity index (χ0n) is 20.5. The first kappa shape index (κ1) is 25.0. The van der Waals surface area contributed by atoms with Crippen LogP contribution in [0.25, 0.3) is 10.9 Å². The van der Waals surface area contributed by atoms with E-state index in [4.69, 9.17) is 0 Å². The Labute approximate surface area is 207 Å². The molecule has 0 spiro atoms. The van der Waals surface area contributed by atoms with Gasteiger partial charge < -0.3 is 9.88 Å². The normalized spacial score (nSPS) is 21.5. The Balaban J connectivity index is 1.50. The Hall–Kier alpha value is -2.65. The molecule has 4 nitrogen and oxygen atoms in total. The largest absolute Gasteiger partial charge is 0.401 e. The quantitative estimate of drug-likeness (QED) is 0.388. The first-order valence-electron chi connectivity index (χ1n) is 12.5. The van der Waals surface area contributed by atoms with Gasteiger partial charge in [-0.25, -0.2) is 8.78 Å². The molecule has 3 aromatic rings. The van der Waals surface area contributed by atoms with Gasteiger partial charge in [-0.2, -0.15) is 13.2 Å². The smallest absolute Gasteiger partial charge is 0.380 e. The highest BCUT2D eigenvalue weighted by Gasteiger charge is 2.43.